The molecule has 3 rings (SSSR count). The van der Waals surface area contributed by atoms with Crippen molar-refractivity contribution in [3.8, 4) is 11.3 Å². The van der Waals surface area contributed by atoms with Crippen molar-refractivity contribution in [2.75, 3.05) is 0 Å². The molecule has 1 N–H and O–H groups in total. The van der Waals surface area contributed by atoms with Gasteiger partial charge in [0.25, 0.3) is 5.91 Å². The van der Waals surface area contributed by atoms with Crippen molar-refractivity contribution >= 4 is 37.9 Å². The Morgan fingerprint density at radius 2 is 2.16 bits per heavy atom. The Balaban J connectivity index is 1.98. The minimum atomic E-state index is -1.54. The lowest BCUT2D eigenvalue weighted by Gasteiger charge is -2.00. The van der Waals surface area contributed by atoms with E-state index in [9.17, 15) is 9.00 Å². The number of nitrogens with one attached hydrogen (secondary N) is 1. The molecule has 0 saturated carbocycles. The quantitative estimate of drug-likeness (QED) is 0.910. The van der Waals surface area contributed by atoms with Crippen molar-refractivity contribution < 1.29 is 9.00 Å². The van der Waals surface area contributed by atoms with Gasteiger partial charge in [-0.25, -0.2) is 8.89 Å². The Hall–Kier alpha value is -1.73. The molecule has 2 aromatic rings. The van der Waals surface area contributed by atoms with Crippen molar-refractivity contribution in [1.29, 1.82) is 0 Å². The van der Waals surface area contributed by atoms with Gasteiger partial charge in [-0.05, 0) is 18.2 Å². The zero-order valence-corrected chi connectivity index (χ0v) is 11.9. The van der Waals surface area contributed by atoms with E-state index in [2.05, 4.69) is 25.8 Å². The molecule has 1 aromatic heterocycles. The summed E-state index contributed by atoms with van der Waals surface area (Å²) in [5, 5.41) is 4.67. The predicted molar refractivity (Wildman–Crippen MR) is 75.9 cm³/mol. The van der Waals surface area contributed by atoms with Crippen molar-refractivity contribution in [3.05, 3.63) is 47.1 Å². The van der Waals surface area contributed by atoms with Gasteiger partial charge in [0.2, 0.25) is 0 Å². The molecular weight excluding hydrogens is 330 g/mol. The van der Waals surface area contributed by atoms with E-state index in [1.165, 1.54) is 10.8 Å². The second-order valence-electron chi connectivity index (χ2n) is 3.87. The zero-order chi connectivity index (χ0) is 13.4. The monoisotopic (exact) mass is 337 g/mol. The molecule has 19 heavy (non-hydrogen) atoms. The predicted octanol–water partition coefficient (Wildman–Crippen LogP) is 1.90. The molecule has 0 saturated heterocycles. The first-order valence-corrected chi connectivity index (χ1v) is 7.34. The van der Waals surface area contributed by atoms with Crippen LogP contribution in [0.4, 0.5) is 0 Å². The number of hydrogen-bond donors (Lipinski definition) is 1. The number of aromatic nitrogens is 2. The van der Waals surface area contributed by atoms with E-state index in [4.69, 9.17) is 0 Å². The lowest BCUT2D eigenvalue weighted by Crippen LogP contribution is -2.17. The summed E-state index contributed by atoms with van der Waals surface area (Å²) in [6.07, 6.45) is 2.97. The minimum absolute atomic E-state index is 0.339. The number of rotatable bonds is 2. The highest BCUT2D eigenvalue weighted by atomic mass is 79.9. The molecule has 1 atom stereocenters. The summed E-state index contributed by atoms with van der Waals surface area (Å²) >= 11 is 3.40. The Morgan fingerprint density at radius 3 is 2.84 bits per heavy atom. The number of halogens is 1. The standard InChI is InChI=1S/C12H8BrN3O2S/c13-9-3-1-2-8(6-9)10-4-5-16(14-10)12-7-11(17)15-19(12)18/h1-7H,(H,15,17). The van der Waals surface area contributed by atoms with E-state index in [0.29, 0.717) is 5.03 Å². The summed E-state index contributed by atoms with van der Waals surface area (Å²) in [7, 11) is -1.54. The second kappa shape index (κ2) is 4.75. The number of carbonyl (C=O) groups is 1. The molecule has 0 spiro atoms. The fourth-order valence-electron chi connectivity index (χ4n) is 1.74. The van der Waals surface area contributed by atoms with E-state index in [0.717, 1.165) is 15.7 Å². The number of amides is 1. The van der Waals surface area contributed by atoms with Gasteiger partial charge in [-0.15, -0.1) is 0 Å². The van der Waals surface area contributed by atoms with Gasteiger partial charge in [0.15, 0.2) is 16.0 Å². The molecule has 1 aliphatic rings. The largest absolute Gasteiger partial charge is 0.269 e. The smallest absolute Gasteiger partial charge is 0.258 e. The van der Waals surface area contributed by atoms with E-state index < -0.39 is 11.0 Å². The summed E-state index contributed by atoms with van der Waals surface area (Å²) in [5.74, 6) is -0.368. The molecule has 0 bridgehead atoms. The van der Waals surface area contributed by atoms with Crippen molar-refractivity contribution in [1.82, 2.24) is 14.5 Å². The van der Waals surface area contributed by atoms with Gasteiger partial charge in [-0.3, -0.25) is 9.52 Å². The van der Waals surface area contributed by atoms with Crippen LogP contribution in [0.3, 0.4) is 0 Å². The lowest BCUT2D eigenvalue weighted by atomic mass is 10.2. The molecule has 1 aliphatic heterocycles. The van der Waals surface area contributed by atoms with Crippen LogP contribution in [0.5, 0.6) is 0 Å². The molecule has 96 valence electrons. The number of benzene rings is 1. The Morgan fingerprint density at radius 1 is 1.32 bits per heavy atom. The van der Waals surface area contributed by atoms with Gasteiger partial charge in [-0.1, -0.05) is 28.1 Å². The molecule has 0 aliphatic carbocycles. The molecule has 0 fully saturated rings. The first-order valence-electron chi connectivity index (χ1n) is 5.39. The fourth-order valence-corrected chi connectivity index (χ4v) is 2.97. The molecular formula is C12H8BrN3O2S. The molecule has 5 nitrogen and oxygen atoms in total. The zero-order valence-electron chi connectivity index (χ0n) is 9.54. The van der Waals surface area contributed by atoms with E-state index in [1.54, 1.807) is 6.20 Å². The average molecular weight is 338 g/mol. The highest BCUT2D eigenvalue weighted by Crippen LogP contribution is 2.23. The van der Waals surface area contributed by atoms with Crippen molar-refractivity contribution in [2.24, 2.45) is 0 Å². The van der Waals surface area contributed by atoms with E-state index in [1.807, 2.05) is 30.3 Å². The second-order valence-corrected chi connectivity index (χ2v) is 5.95. The summed E-state index contributed by atoms with van der Waals surface area (Å²) in [6.45, 7) is 0. The van der Waals surface area contributed by atoms with Crippen molar-refractivity contribution in [3.63, 3.8) is 0 Å². The van der Waals surface area contributed by atoms with Crippen LogP contribution in [0.15, 0.2) is 47.1 Å². The maximum Gasteiger partial charge on any atom is 0.258 e. The van der Waals surface area contributed by atoms with E-state index in [-0.39, 0.29) is 5.91 Å². The number of nitrogens with zero attached hydrogens (tertiary/aromatic N) is 2. The Bertz CT molecular complexity index is 723. The van der Waals surface area contributed by atoms with Crippen LogP contribution in [0.2, 0.25) is 0 Å². The highest BCUT2D eigenvalue weighted by Gasteiger charge is 2.21. The fraction of sp³-hybridized carbons (Fsp3) is 0. The summed E-state index contributed by atoms with van der Waals surface area (Å²) in [4.78, 5) is 11.1. The molecule has 1 aromatic carbocycles. The first-order chi connectivity index (χ1) is 9.13. The number of carbonyl (C=O) groups excluding carboxylic acids is 1. The normalized spacial score (nSPS) is 18.3. The highest BCUT2D eigenvalue weighted by molar-refractivity contribution is 9.10. The maximum absolute atomic E-state index is 11.6. The molecule has 1 amide bonds. The molecule has 7 heteroatoms. The van der Waals surface area contributed by atoms with Gasteiger partial charge in [0, 0.05) is 22.3 Å². The van der Waals surface area contributed by atoms with Crippen molar-refractivity contribution in [2.45, 2.75) is 0 Å². The van der Waals surface area contributed by atoms with Crippen LogP contribution in [0.1, 0.15) is 0 Å². The Labute approximate surface area is 120 Å². The van der Waals surface area contributed by atoms with Gasteiger partial charge < -0.3 is 0 Å². The third-order valence-electron chi connectivity index (χ3n) is 2.57. The van der Waals surface area contributed by atoms with Gasteiger partial charge >= 0.3 is 0 Å². The molecule has 1 unspecified atom stereocenters. The van der Waals surface area contributed by atoms with Crippen LogP contribution < -0.4 is 4.72 Å². The Kier molecular flexibility index (Phi) is 3.08. The van der Waals surface area contributed by atoms with Crippen LogP contribution >= 0.6 is 15.9 Å². The summed E-state index contributed by atoms with van der Waals surface area (Å²) in [6, 6.07) is 9.52. The maximum atomic E-state index is 11.6. The topological polar surface area (TPSA) is 64.0 Å². The minimum Gasteiger partial charge on any atom is -0.269 e. The third kappa shape index (κ3) is 2.39. The van der Waals surface area contributed by atoms with Gasteiger partial charge in [-0.2, -0.15) is 5.10 Å². The van der Waals surface area contributed by atoms with Crippen LogP contribution in [0.25, 0.3) is 16.3 Å². The van der Waals surface area contributed by atoms with Gasteiger partial charge in [0.05, 0.1) is 5.69 Å². The third-order valence-corrected chi connectivity index (χ3v) is 4.14. The number of hydrogen-bond acceptors (Lipinski definition) is 3. The summed E-state index contributed by atoms with van der Waals surface area (Å²) < 4.78 is 16.3. The van der Waals surface area contributed by atoms with Gasteiger partial charge in [0.1, 0.15) is 0 Å². The summed E-state index contributed by atoms with van der Waals surface area (Å²) in [5.41, 5.74) is 1.69. The molecule has 2 heterocycles. The SMILES string of the molecule is O=C1C=C(n2ccc(-c3cccc(Br)c3)n2)S(=O)N1. The van der Waals surface area contributed by atoms with Crippen LogP contribution in [-0.4, -0.2) is 19.9 Å². The van der Waals surface area contributed by atoms with Crippen LogP contribution in [0, 0.1) is 0 Å². The molecule has 0 radical (unpaired) electrons. The first kappa shape index (κ1) is 12.3. The van der Waals surface area contributed by atoms with Crippen LogP contribution in [-0.2, 0) is 15.8 Å². The van der Waals surface area contributed by atoms with E-state index >= 15 is 0 Å². The average Bonchev–Trinajstić information content (AvgIpc) is 2.96. The lowest BCUT2D eigenvalue weighted by molar-refractivity contribution is -0.114.